The zero-order valence-corrected chi connectivity index (χ0v) is 10.0. The summed E-state index contributed by atoms with van der Waals surface area (Å²) in [6.45, 7) is 1.50. The van der Waals surface area contributed by atoms with Crippen molar-refractivity contribution in [3.8, 4) is 0 Å². The number of imide groups is 1. The van der Waals surface area contributed by atoms with Gasteiger partial charge in [0.15, 0.2) is 5.78 Å². The Kier molecular flexibility index (Phi) is 3.28. The van der Waals surface area contributed by atoms with Crippen molar-refractivity contribution >= 4 is 28.7 Å². The summed E-state index contributed by atoms with van der Waals surface area (Å²) in [6, 6.07) is 7.13. The van der Waals surface area contributed by atoms with E-state index >= 15 is 0 Å². The molecular weight excluding hydrogens is 238 g/mol. The lowest BCUT2D eigenvalue weighted by molar-refractivity contribution is -0.118. The third-order valence-electron chi connectivity index (χ3n) is 2.52. The highest BCUT2D eigenvalue weighted by molar-refractivity contribution is 8.15. The summed E-state index contributed by atoms with van der Waals surface area (Å²) >= 11 is 0.998. The van der Waals surface area contributed by atoms with E-state index in [1.165, 1.54) is 6.92 Å². The van der Waals surface area contributed by atoms with Gasteiger partial charge in [0.05, 0.1) is 5.25 Å². The van der Waals surface area contributed by atoms with Crippen LogP contribution in [0.4, 0.5) is 4.79 Å². The van der Waals surface area contributed by atoms with E-state index in [1.54, 1.807) is 18.2 Å². The lowest BCUT2D eigenvalue weighted by atomic mass is 10.0. The van der Waals surface area contributed by atoms with Gasteiger partial charge >= 0.3 is 0 Å². The van der Waals surface area contributed by atoms with E-state index < -0.39 is 0 Å². The normalized spacial score (nSPS) is 19.2. The molecule has 5 heteroatoms. The second-order valence-corrected chi connectivity index (χ2v) is 5.02. The Morgan fingerprint density at radius 2 is 2.18 bits per heavy atom. The Hall–Kier alpha value is -1.62. The van der Waals surface area contributed by atoms with Gasteiger partial charge < -0.3 is 0 Å². The standard InChI is InChI=1S/C12H11NO3S/c1-7(14)9-4-2-3-8(5-9)6-10-11(15)13-12(16)17-10/h2-5,10H,6H2,1H3,(H,13,15,16). The van der Waals surface area contributed by atoms with E-state index in [1.807, 2.05) is 6.07 Å². The molecule has 1 saturated heterocycles. The lowest BCUT2D eigenvalue weighted by Crippen LogP contribution is -2.25. The van der Waals surface area contributed by atoms with Crippen molar-refractivity contribution < 1.29 is 14.4 Å². The van der Waals surface area contributed by atoms with Crippen molar-refractivity contribution in [1.82, 2.24) is 5.32 Å². The fourth-order valence-corrected chi connectivity index (χ4v) is 2.52. The molecule has 1 aromatic rings. The number of hydrogen-bond donors (Lipinski definition) is 1. The maximum absolute atomic E-state index is 11.4. The molecule has 1 aliphatic rings. The van der Waals surface area contributed by atoms with E-state index in [2.05, 4.69) is 5.32 Å². The average Bonchev–Trinajstić information content (AvgIpc) is 2.58. The number of ketones is 1. The number of carbonyl (C=O) groups excluding carboxylic acids is 3. The van der Waals surface area contributed by atoms with Gasteiger partial charge in [-0.3, -0.25) is 19.7 Å². The molecule has 0 saturated carbocycles. The van der Waals surface area contributed by atoms with Gasteiger partial charge in [0.2, 0.25) is 5.91 Å². The number of hydrogen-bond acceptors (Lipinski definition) is 4. The Morgan fingerprint density at radius 1 is 1.41 bits per heavy atom. The van der Waals surface area contributed by atoms with Crippen LogP contribution in [0.3, 0.4) is 0 Å². The van der Waals surface area contributed by atoms with Gasteiger partial charge in [-0.15, -0.1) is 0 Å². The van der Waals surface area contributed by atoms with E-state index in [9.17, 15) is 14.4 Å². The van der Waals surface area contributed by atoms with E-state index in [0.29, 0.717) is 12.0 Å². The molecule has 88 valence electrons. The summed E-state index contributed by atoms with van der Waals surface area (Å²) in [7, 11) is 0. The van der Waals surface area contributed by atoms with Crippen LogP contribution in [-0.2, 0) is 11.2 Å². The Morgan fingerprint density at radius 3 is 2.76 bits per heavy atom. The van der Waals surface area contributed by atoms with Crippen molar-refractivity contribution in [3.63, 3.8) is 0 Å². The smallest absolute Gasteiger partial charge is 0.286 e. The SMILES string of the molecule is CC(=O)c1cccc(CC2SC(=O)NC2=O)c1. The molecule has 1 aliphatic heterocycles. The van der Waals surface area contributed by atoms with Crippen LogP contribution in [-0.4, -0.2) is 22.2 Å². The number of thioether (sulfide) groups is 1. The molecule has 2 rings (SSSR count). The van der Waals surface area contributed by atoms with Crippen LogP contribution < -0.4 is 5.32 Å². The predicted molar refractivity (Wildman–Crippen MR) is 65.1 cm³/mol. The maximum atomic E-state index is 11.4. The predicted octanol–water partition coefficient (Wildman–Crippen LogP) is 1.78. The van der Waals surface area contributed by atoms with Gasteiger partial charge in [-0.1, -0.05) is 30.0 Å². The molecule has 2 amide bonds. The first-order valence-corrected chi connectivity index (χ1v) is 6.05. The summed E-state index contributed by atoms with van der Waals surface area (Å²) in [5.74, 6) is -0.264. The van der Waals surface area contributed by atoms with Crippen molar-refractivity contribution in [2.45, 2.75) is 18.6 Å². The number of amides is 2. The molecule has 0 aliphatic carbocycles. The fourth-order valence-electron chi connectivity index (χ4n) is 1.66. The highest BCUT2D eigenvalue weighted by Gasteiger charge is 2.31. The minimum Gasteiger partial charge on any atom is -0.295 e. The number of rotatable bonds is 3. The number of carbonyl (C=O) groups is 3. The van der Waals surface area contributed by atoms with Crippen LogP contribution in [0.5, 0.6) is 0 Å². The van der Waals surface area contributed by atoms with E-state index in [-0.39, 0.29) is 22.2 Å². The van der Waals surface area contributed by atoms with Crippen molar-refractivity contribution in [1.29, 1.82) is 0 Å². The first kappa shape index (κ1) is 11.9. The molecule has 0 aromatic heterocycles. The minimum absolute atomic E-state index is 0.00791. The second-order valence-electron chi connectivity index (χ2n) is 3.84. The van der Waals surface area contributed by atoms with Gasteiger partial charge in [-0.05, 0) is 25.0 Å². The summed E-state index contributed by atoms with van der Waals surface area (Å²) in [5, 5.41) is 1.56. The van der Waals surface area contributed by atoms with Crippen LogP contribution >= 0.6 is 11.8 Å². The number of benzene rings is 1. The van der Waals surface area contributed by atoms with Crippen LogP contribution in [0.15, 0.2) is 24.3 Å². The topological polar surface area (TPSA) is 63.2 Å². The third-order valence-corrected chi connectivity index (χ3v) is 3.50. The molecular formula is C12H11NO3S. The summed E-state index contributed by atoms with van der Waals surface area (Å²) in [5.41, 5.74) is 1.51. The quantitative estimate of drug-likeness (QED) is 0.829. The molecule has 1 atom stereocenters. The monoisotopic (exact) mass is 249 g/mol. The highest BCUT2D eigenvalue weighted by atomic mass is 32.2. The first-order valence-electron chi connectivity index (χ1n) is 5.17. The molecule has 4 nitrogen and oxygen atoms in total. The molecule has 0 bridgehead atoms. The van der Waals surface area contributed by atoms with Gasteiger partial charge in [0.25, 0.3) is 5.24 Å². The van der Waals surface area contributed by atoms with Crippen molar-refractivity contribution in [2.75, 3.05) is 0 Å². The lowest BCUT2D eigenvalue weighted by Gasteiger charge is -2.06. The zero-order chi connectivity index (χ0) is 12.4. The van der Waals surface area contributed by atoms with Crippen LogP contribution in [0.1, 0.15) is 22.8 Å². The first-order chi connectivity index (χ1) is 8.06. The van der Waals surface area contributed by atoms with Crippen LogP contribution in [0.25, 0.3) is 0 Å². The Balaban J connectivity index is 2.13. The molecule has 1 heterocycles. The third kappa shape index (κ3) is 2.74. The van der Waals surface area contributed by atoms with Gasteiger partial charge in [-0.25, -0.2) is 0 Å². The molecule has 1 unspecified atom stereocenters. The zero-order valence-electron chi connectivity index (χ0n) is 9.23. The minimum atomic E-state index is -0.385. The second kappa shape index (κ2) is 4.71. The molecule has 0 spiro atoms. The van der Waals surface area contributed by atoms with Crippen LogP contribution in [0.2, 0.25) is 0 Å². The van der Waals surface area contributed by atoms with Crippen molar-refractivity contribution in [2.24, 2.45) is 0 Å². The number of nitrogens with one attached hydrogen (secondary N) is 1. The molecule has 1 N–H and O–H groups in total. The van der Waals surface area contributed by atoms with Crippen molar-refractivity contribution in [3.05, 3.63) is 35.4 Å². The Bertz CT molecular complexity index is 498. The molecule has 17 heavy (non-hydrogen) atoms. The highest BCUT2D eigenvalue weighted by Crippen LogP contribution is 2.23. The van der Waals surface area contributed by atoms with Gasteiger partial charge in [-0.2, -0.15) is 0 Å². The largest absolute Gasteiger partial charge is 0.295 e. The van der Waals surface area contributed by atoms with Gasteiger partial charge in [0.1, 0.15) is 0 Å². The number of Topliss-reactive ketones (excluding diaryl/α,β-unsaturated/α-hetero) is 1. The molecule has 1 fully saturated rings. The summed E-state index contributed by atoms with van der Waals surface area (Å²) in [6.07, 6.45) is 0.462. The summed E-state index contributed by atoms with van der Waals surface area (Å²) in [4.78, 5) is 33.6. The van der Waals surface area contributed by atoms with E-state index in [0.717, 1.165) is 17.3 Å². The summed E-state index contributed by atoms with van der Waals surface area (Å²) < 4.78 is 0. The van der Waals surface area contributed by atoms with Crippen LogP contribution in [0, 0.1) is 0 Å². The molecule has 0 radical (unpaired) electrons. The van der Waals surface area contributed by atoms with Gasteiger partial charge in [0, 0.05) is 5.56 Å². The van der Waals surface area contributed by atoms with E-state index in [4.69, 9.17) is 0 Å². The Labute approximate surface area is 103 Å². The fraction of sp³-hybridized carbons (Fsp3) is 0.250. The average molecular weight is 249 g/mol. The molecule has 1 aromatic carbocycles. The maximum Gasteiger partial charge on any atom is 0.286 e.